The van der Waals surface area contributed by atoms with Gasteiger partial charge in [-0.2, -0.15) is 13.2 Å². The van der Waals surface area contributed by atoms with Crippen LogP contribution in [0.3, 0.4) is 0 Å². The van der Waals surface area contributed by atoms with Gasteiger partial charge in [-0.1, -0.05) is 0 Å². The lowest BCUT2D eigenvalue weighted by Gasteiger charge is -2.14. The van der Waals surface area contributed by atoms with Crippen LogP contribution in [0.4, 0.5) is 19.1 Å². The maximum atomic E-state index is 12.5. The molecular weight excluding hydrogens is 275 g/mol. The third-order valence-electron chi connectivity index (χ3n) is 2.54. The van der Waals surface area contributed by atoms with E-state index in [1.807, 2.05) is 0 Å². The Morgan fingerprint density at radius 2 is 2.20 bits per heavy atom. The molecule has 8 heteroatoms. The number of ether oxygens (including phenoxy) is 1. The maximum absolute atomic E-state index is 12.5. The van der Waals surface area contributed by atoms with Crippen molar-refractivity contribution in [2.75, 3.05) is 19.0 Å². The Morgan fingerprint density at radius 1 is 1.40 bits per heavy atom. The minimum Gasteiger partial charge on any atom is -0.467 e. The SMILES string of the molecule is COC(CNc1nccc(C(F)(F)F)n1)c1ccco1. The highest BCUT2D eigenvalue weighted by Gasteiger charge is 2.32. The van der Waals surface area contributed by atoms with Crippen molar-refractivity contribution in [3.8, 4) is 0 Å². The summed E-state index contributed by atoms with van der Waals surface area (Å²) in [5.74, 6) is 0.445. The normalized spacial score (nSPS) is 13.2. The molecule has 0 aliphatic carbocycles. The summed E-state index contributed by atoms with van der Waals surface area (Å²) in [6.07, 6.45) is -2.40. The second-order valence-corrected chi connectivity index (χ2v) is 3.88. The summed E-state index contributed by atoms with van der Waals surface area (Å²) in [7, 11) is 1.47. The molecule has 108 valence electrons. The molecule has 2 rings (SSSR count). The van der Waals surface area contributed by atoms with Crippen LogP contribution in [0.1, 0.15) is 17.6 Å². The fourth-order valence-electron chi connectivity index (χ4n) is 1.56. The van der Waals surface area contributed by atoms with E-state index in [-0.39, 0.29) is 12.5 Å². The highest BCUT2D eigenvalue weighted by atomic mass is 19.4. The standard InChI is InChI=1S/C12H12F3N3O2/c1-19-9(8-3-2-6-20-8)7-17-11-16-5-4-10(18-11)12(13,14)15/h2-6,9H,7H2,1H3,(H,16,17,18). The van der Waals surface area contributed by atoms with Gasteiger partial charge in [0.2, 0.25) is 5.95 Å². The fourth-order valence-corrected chi connectivity index (χ4v) is 1.56. The van der Waals surface area contributed by atoms with Crippen LogP contribution in [0.2, 0.25) is 0 Å². The van der Waals surface area contributed by atoms with E-state index in [1.54, 1.807) is 12.1 Å². The Morgan fingerprint density at radius 3 is 2.80 bits per heavy atom. The topological polar surface area (TPSA) is 60.2 Å². The Balaban J connectivity index is 2.03. The summed E-state index contributed by atoms with van der Waals surface area (Å²) in [6.45, 7) is 0.186. The summed E-state index contributed by atoms with van der Waals surface area (Å²) in [4.78, 5) is 7.13. The van der Waals surface area contributed by atoms with Gasteiger partial charge in [0.1, 0.15) is 17.6 Å². The number of hydrogen-bond donors (Lipinski definition) is 1. The minimum atomic E-state index is -4.50. The minimum absolute atomic E-state index is 0.117. The Labute approximate surface area is 112 Å². The molecule has 2 aromatic heterocycles. The van der Waals surface area contributed by atoms with Crippen LogP contribution in [0.5, 0.6) is 0 Å². The van der Waals surface area contributed by atoms with Crippen LogP contribution in [0, 0.1) is 0 Å². The molecule has 5 nitrogen and oxygen atoms in total. The molecule has 0 aliphatic heterocycles. The van der Waals surface area contributed by atoms with Gasteiger partial charge in [0.25, 0.3) is 0 Å². The molecule has 0 spiro atoms. The third-order valence-corrected chi connectivity index (χ3v) is 2.54. The smallest absolute Gasteiger partial charge is 0.433 e. The molecule has 1 unspecified atom stereocenters. The number of rotatable bonds is 5. The lowest BCUT2D eigenvalue weighted by molar-refractivity contribution is -0.141. The van der Waals surface area contributed by atoms with Gasteiger partial charge in [0, 0.05) is 13.3 Å². The lowest BCUT2D eigenvalue weighted by atomic mass is 10.3. The van der Waals surface area contributed by atoms with E-state index >= 15 is 0 Å². The number of halogens is 3. The zero-order valence-electron chi connectivity index (χ0n) is 10.5. The third kappa shape index (κ3) is 3.47. The number of nitrogens with zero attached hydrogens (tertiary/aromatic N) is 2. The summed E-state index contributed by atoms with van der Waals surface area (Å²) >= 11 is 0. The average Bonchev–Trinajstić information content (AvgIpc) is 2.93. The van der Waals surface area contributed by atoms with Gasteiger partial charge < -0.3 is 14.5 Å². The highest BCUT2D eigenvalue weighted by molar-refractivity contribution is 5.26. The highest BCUT2D eigenvalue weighted by Crippen LogP contribution is 2.27. The monoisotopic (exact) mass is 287 g/mol. The van der Waals surface area contributed by atoms with E-state index in [1.165, 1.54) is 13.4 Å². The number of alkyl halides is 3. The predicted molar refractivity (Wildman–Crippen MR) is 64.0 cm³/mol. The molecule has 0 bridgehead atoms. The molecule has 1 N–H and O–H groups in total. The molecule has 0 saturated carbocycles. The number of methoxy groups -OCH3 is 1. The van der Waals surface area contributed by atoms with Crippen LogP contribution in [0.15, 0.2) is 35.1 Å². The molecule has 0 aromatic carbocycles. The first-order chi connectivity index (χ1) is 9.50. The second kappa shape index (κ2) is 5.91. The van der Waals surface area contributed by atoms with E-state index in [0.717, 1.165) is 12.3 Å². The lowest BCUT2D eigenvalue weighted by Crippen LogP contribution is -2.17. The second-order valence-electron chi connectivity index (χ2n) is 3.88. The van der Waals surface area contributed by atoms with Gasteiger partial charge in [0.05, 0.1) is 12.8 Å². The number of nitrogens with one attached hydrogen (secondary N) is 1. The molecule has 0 aliphatic rings. The van der Waals surface area contributed by atoms with Crippen LogP contribution >= 0.6 is 0 Å². The summed E-state index contributed by atoms with van der Waals surface area (Å²) in [6, 6.07) is 4.22. The largest absolute Gasteiger partial charge is 0.467 e. The zero-order valence-corrected chi connectivity index (χ0v) is 10.5. The van der Waals surface area contributed by atoms with E-state index < -0.39 is 18.0 Å². The van der Waals surface area contributed by atoms with Crippen LogP contribution in [0.25, 0.3) is 0 Å². The summed E-state index contributed by atoms with van der Waals surface area (Å²) in [5, 5.41) is 2.69. The first-order valence-corrected chi connectivity index (χ1v) is 5.71. The predicted octanol–water partition coefficient (Wildman–Crippen LogP) is 2.89. The zero-order chi connectivity index (χ0) is 14.6. The molecule has 20 heavy (non-hydrogen) atoms. The number of aromatic nitrogens is 2. The molecule has 0 amide bonds. The van der Waals surface area contributed by atoms with Crippen molar-refractivity contribution in [3.63, 3.8) is 0 Å². The Bertz CT molecular complexity index is 543. The van der Waals surface area contributed by atoms with Crippen molar-refractivity contribution in [2.45, 2.75) is 12.3 Å². The van der Waals surface area contributed by atoms with Crippen LogP contribution in [-0.4, -0.2) is 23.6 Å². The molecule has 2 heterocycles. The van der Waals surface area contributed by atoms with Crippen molar-refractivity contribution in [1.82, 2.24) is 9.97 Å². The van der Waals surface area contributed by atoms with E-state index in [4.69, 9.17) is 9.15 Å². The Kier molecular flexibility index (Phi) is 4.23. The van der Waals surface area contributed by atoms with Crippen LogP contribution in [-0.2, 0) is 10.9 Å². The van der Waals surface area contributed by atoms with Crippen molar-refractivity contribution < 1.29 is 22.3 Å². The number of anilines is 1. The molecule has 2 aromatic rings. The van der Waals surface area contributed by atoms with Crippen molar-refractivity contribution in [3.05, 3.63) is 42.1 Å². The van der Waals surface area contributed by atoms with E-state index in [0.29, 0.717) is 5.76 Å². The first kappa shape index (κ1) is 14.3. The Hall–Kier alpha value is -2.09. The van der Waals surface area contributed by atoms with Crippen molar-refractivity contribution >= 4 is 5.95 Å². The quantitative estimate of drug-likeness (QED) is 0.916. The van der Waals surface area contributed by atoms with Gasteiger partial charge in [0.15, 0.2) is 0 Å². The molecule has 1 atom stereocenters. The molecule has 0 fully saturated rings. The molecule has 0 saturated heterocycles. The molecular formula is C12H12F3N3O2. The summed E-state index contributed by atoms with van der Waals surface area (Å²) in [5.41, 5.74) is -0.998. The van der Waals surface area contributed by atoms with Gasteiger partial charge in [-0.15, -0.1) is 0 Å². The van der Waals surface area contributed by atoms with Crippen molar-refractivity contribution in [1.29, 1.82) is 0 Å². The first-order valence-electron chi connectivity index (χ1n) is 5.71. The number of furan rings is 1. The van der Waals surface area contributed by atoms with E-state index in [9.17, 15) is 13.2 Å². The van der Waals surface area contributed by atoms with Gasteiger partial charge in [-0.05, 0) is 18.2 Å². The van der Waals surface area contributed by atoms with E-state index in [2.05, 4.69) is 15.3 Å². The number of hydrogen-bond acceptors (Lipinski definition) is 5. The molecule has 0 radical (unpaired) electrons. The van der Waals surface area contributed by atoms with Crippen LogP contribution < -0.4 is 5.32 Å². The fraction of sp³-hybridized carbons (Fsp3) is 0.333. The maximum Gasteiger partial charge on any atom is 0.433 e. The summed E-state index contributed by atoms with van der Waals surface area (Å²) < 4.78 is 47.8. The average molecular weight is 287 g/mol. The van der Waals surface area contributed by atoms with Gasteiger partial charge >= 0.3 is 6.18 Å². The van der Waals surface area contributed by atoms with Crippen molar-refractivity contribution in [2.24, 2.45) is 0 Å². The van der Waals surface area contributed by atoms with Gasteiger partial charge in [-0.3, -0.25) is 0 Å². The van der Waals surface area contributed by atoms with Gasteiger partial charge in [-0.25, -0.2) is 9.97 Å².